The van der Waals surface area contributed by atoms with E-state index in [-0.39, 0.29) is 0 Å². The number of fused-ring (bicyclic) bond motifs is 1. The van der Waals surface area contributed by atoms with E-state index in [0.29, 0.717) is 12.7 Å². The van der Waals surface area contributed by atoms with Gasteiger partial charge in [0.05, 0.1) is 6.67 Å². The highest BCUT2D eigenvalue weighted by molar-refractivity contribution is 7.71. The van der Waals surface area contributed by atoms with Crippen LogP contribution >= 0.6 is 23.6 Å². The molecule has 3 rings (SSSR count). The van der Waals surface area contributed by atoms with Crippen LogP contribution in [0.5, 0.6) is 0 Å². The predicted octanol–water partition coefficient (Wildman–Crippen LogP) is 3.58. The topological polar surface area (TPSA) is 25.5 Å². The number of hydrogen-bond donors (Lipinski definition) is 0. The zero-order valence-electron chi connectivity index (χ0n) is 11.4. The van der Waals surface area contributed by atoms with Gasteiger partial charge in [0.15, 0.2) is 5.65 Å². The summed E-state index contributed by atoms with van der Waals surface area (Å²) in [6, 6.07) is 10.5. The molecule has 0 aliphatic rings. The minimum atomic E-state index is 0.349. The fourth-order valence-electron chi connectivity index (χ4n) is 2.14. The summed E-state index contributed by atoms with van der Waals surface area (Å²) < 4.78 is 4.53. The summed E-state index contributed by atoms with van der Waals surface area (Å²) in [7, 11) is 2.09. The minimum Gasteiger partial charge on any atom is -0.280 e. The summed E-state index contributed by atoms with van der Waals surface area (Å²) >= 11 is 7.25. The lowest BCUT2D eigenvalue weighted by molar-refractivity contribution is 0.197. The van der Waals surface area contributed by atoms with Crippen molar-refractivity contribution in [1.29, 1.82) is 0 Å². The van der Waals surface area contributed by atoms with Crippen LogP contribution in [-0.2, 0) is 6.67 Å². The largest absolute Gasteiger partial charge is 0.280 e. The zero-order chi connectivity index (χ0) is 14.1. The van der Waals surface area contributed by atoms with E-state index in [2.05, 4.69) is 41.5 Å². The summed E-state index contributed by atoms with van der Waals surface area (Å²) in [5, 5.41) is 6.66. The highest BCUT2D eigenvalue weighted by atomic mass is 32.1. The molecule has 6 heteroatoms. The maximum atomic E-state index is 5.47. The van der Waals surface area contributed by atoms with E-state index in [1.807, 2.05) is 33.5 Å². The molecule has 0 amide bonds. The van der Waals surface area contributed by atoms with Gasteiger partial charge in [0.1, 0.15) is 0 Å². The monoisotopic (exact) mass is 304 g/mol. The van der Waals surface area contributed by atoms with Crippen LogP contribution in [-0.4, -0.2) is 26.1 Å². The molecule has 0 aliphatic carbocycles. The van der Waals surface area contributed by atoms with Gasteiger partial charge < -0.3 is 0 Å². The van der Waals surface area contributed by atoms with E-state index in [4.69, 9.17) is 12.2 Å². The van der Waals surface area contributed by atoms with Crippen molar-refractivity contribution in [2.45, 2.75) is 19.6 Å². The third kappa shape index (κ3) is 2.42. The first kappa shape index (κ1) is 13.5. The number of pyridine rings is 1. The molecule has 0 aromatic carbocycles. The molecule has 3 aromatic heterocycles. The SMILES string of the molecule is CC(c1cccs1)N(C)Cn1nc2ccccn2c1=S. The summed E-state index contributed by atoms with van der Waals surface area (Å²) in [6.45, 7) is 2.88. The van der Waals surface area contributed by atoms with Crippen molar-refractivity contribution in [2.24, 2.45) is 0 Å². The van der Waals surface area contributed by atoms with Gasteiger partial charge in [0.2, 0.25) is 4.77 Å². The Morgan fingerprint density at radius 1 is 1.35 bits per heavy atom. The number of nitrogens with zero attached hydrogens (tertiary/aromatic N) is 4. The van der Waals surface area contributed by atoms with E-state index in [0.717, 1.165) is 10.4 Å². The van der Waals surface area contributed by atoms with E-state index in [1.165, 1.54) is 4.88 Å². The van der Waals surface area contributed by atoms with Gasteiger partial charge in [-0.15, -0.1) is 11.3 Å². The highest BCUT2D eigenvalue weighted by Gasteiger charge is 2.14. The standard InChI is InChI=1S/C14H16N4S2/c1-11(12-6-5-9-20-12)16(2)10-18-14(19)17-8-4-3-7-13(17)15-18/h3-9,11H,10H2,1-2H3. The quantitative estimate of drug-likeness (QED) is 0.689. The number of thiophene rings is 1. The molecular weight excluding hydrogens is 288 g/mol. The third-order valence-electron chi connectivity index (χ3n) is 3.46. The first-order chi connectivity index (χ1) is 9.66. The summed E-state index contributed by atoms with van der Waals surface area (Å²) in [5.41, 5.74) is 0.884. The molecule has 3 aromatic rings. The number of rotatable bonds is 4. The van der Waals surface area contributed by atoms with Gasteiger partial charge in [-0.3, -0.25) is 9.30 Å². The van der Waals surface area contributed by atoms with Crippen molar-refractivity contribution in [2.75, 3.05) is 7.05 Å². The highest BCUT2D eigenvalue weighted by Crippen LogP contribution is 2.23. The lowest BCUT2D eigenvalue weighted by Gasteiger charge is -2.23. The van der Waals surface area contributed by atoms with E-state index < -0.39 is 0 Å². The van der Waals surface area contributed by atoms with Crippen LogP contribution in [0.2, 0.25) is 0 Å². The van der Waals surface area contributed by atoms with Crippen molar-refractivity contribution in [3.63, 3.8) is 0 Å². The smallest absolute Gasteiger partial charge is 0.203 e. The molecule has 0 aliphatic heterocycles. The molecule has 1 atom stereocenters. The van der Waals surface area contributed by atoms with Crippen molar-refractivity contribution in [3.8, 4) is 0 Å². The Kier molecular flexibility index (Phi) is 3.69. The molecule has 0 spiro atoms. The maximum Gasteiger partial charge on any atom is 0.203 e. The Morgan fingerprint density at radius 3 is 2.90 bits per heavy atom. The number of hydrogen-bond acceptors (Lipinski definition) is 4. The van der Waals surface area contributed by atoms with Crippen LogP contribution in [0.1, 0.15) is 17.8 Å². The first-order valence-electron chi connectivity index (χ1n) is 6.44. The second kappa shape index (κ2) is 5.47. The predicted molar refractivity (Wildman–Crippen MR) is 84.5 cm³/mol. The van der Waals surface area contributed by atoms with Crippen molar-refractivity contribution in [1.82, 2.24) is 19.1 Å². The molecule has 0 saturated carbocycles. The molecule has 4 nitrogen and oxygen atoms in total. The molecule has 0 fully saturated rings. The molecule has 104 valence electrons. The average Bonchev–Trinajstić information content (AvgIpc) is 3.08. The van der Waals surface area contributed by atoms with Crippen LogP contribution in [0.25, 0.3) is 5.65 Å². The van der Waals surface area contributed by atoms with Gasteiger partial charge in [0, 0.05) is 17.1 Å². The van der Waals surface area contributed by atoms with Crippen molar-refractivity contribution < 1.29 is 0 Å². The van der Waals surface area contributed by atoms with Gasteiger partial charge in [-0.1, -0.05) is 12.1 Å². The molecule has 20 heavy (non-hydrogen) atoms. The van der Waals surface area contributed by atoms with Gasteiger partial charge >= 0.3 is 0 Å². The fraction of sp³-hybridized carbons (Fsp3) is 0.286. The Bertz CT molecular complexity index is 757. The Balaban J connectivity index is 1.86. The lowest BCUT2D eigenvalue weighted by Crippen LogP contribution is -2.25. The summed E-state index contributed by atoms with van der Waals surface area (Å²) in [5.74, 6) is 0. The minimum absolute atomic E-state index is 0.349. The zero-order valence-corrected chi connectivity index (χ0v) is 13.1. The Labute approximate surface area is 126 Å². The Morgan fingerprint density at radius 2 is 2.20 bits per heavy atom. The first-order valence-corrected chi connectivity index (χ1v) is 7.73. The van der Waals surface area contributed by atoms with E-state index in [1.54, 1.807) is 11.3 Å². The van der Waals surface area contributed by atoms with Gasteiger partial charge in [-0.05, 0) is 49.8 Å². The van der Waals surface area contributed by atoms with E-state index >= 15 is 0 Å². The molecule has 3 heterocycles. The Hall–Kier alpha value is -1.50. The van der Waals surface area contributed by atoms with Crippen molar-refractivity contribution >= 4 is 29.2 Å². The molecule has 0 radical (unpaired) electrons. The molecular formula is C14H16N4S2. The summed E-state index contributed by atoms with van der Waals surface area (Å²) in [6.07, 6.45) is 1.95. The number of aromatic nitrogens is 3. The average molecular weight is 304 g/mol. The van der Waals surface area contributed by atoms with Gasteiger partial charge in [-0.2, -0.15) is 5.10 Å². The van der Waals surface area contributed by atoms with Crippen LogP contribution in [0.15, 0.2) is 41.9 Å². The second-order valence-corrected chi connectivity index (χ2v) is 6.15. The summed E-state index contributed by atoms with van der Waals surface area (Å²) in [4.78, 5) is 3.59. The van der Waals surface area contributed by atoms with Crippen LogP contribution < -0.4 is 0 Å². The van der Waals surface area contributed by atoms with Crippen molar-refractivity contribution in [3.05, 3.63) is 51.6 Å². The van der Waals surface area contributed by atoms with Gasteiger partial charge in [-0.25, -0.2) is 4.68 Å². The maximum absolute atomic E-state index is 5.47. The van der Waals surface area contributed by atoms with Crippen LogP contribution in [0, 0.1) is 4.77 Å². The van der Waals surface area contributed by atoms with E-state index in [9.17, 15) is 0 Å². The fourth-order valence-corrected chi connectivity index (χ4v) is 3.24. The molecule has 1 unspecified atom stereocenters. The van der Waals surface area contributed by atoms with Gasteiger partial charge in [0.25, 0.3) is 0 Å². The normalized spacial score (nSPS) is 13.2. The third-order valence-corrected chi connectivity index (χ3v) is 4.91. The molecule has 0 saturated heterocycles. The van der Waals surface area contributed by atoms with Crippen LogP contribution in [0.4, 0.5) is 0 Å². The molecule has 0 N–H and O–H groups in total. The lowest BCUT2D eigenvalue weighted by atomic mass is 10.2. The molecule has 0 bridgehead atoms. The second-order valence-electron chi connectivity index (χ2n) is 4.80. The van der Waals surface area contributed by atoms with Crippen LogP contribution in [0.3, 0.4) is 0 Å².